The molecule has 3 aromatic heterocycles. The van der Waals surface area contributed by atoms with E-state index in [4.69, 9.17) is 0 Å². The van der Waals surface area contributed by atoms with Crippen molar-refractivity contribution in [3.05, 3.63) is 60.1 Å². The number of piperazine rings is 1. The summed E-state index contributed by atoms with van der Waals surface area (Å²) in [6.07, 6.45) is 4.95. The lowest BCUT2D eigenvalue weighted by Gasteiger charge is -2.37. The SMILES string of the molecule is CB(O)N1CCN(c2ccncc2NC(=O)c2ccnc(-c3ccc4ncsc4c3)n2)CC1. The van der Waals surface area contributed by atoms with Crippen LogP contribution in [-0.2, 0) is 0 Å². The Morgan fingerprint density at radius 1 is 1.12 bits per heavy atom. The summed E-state index contributed by atoms with van der Waals surface area (Å²) in [5, 5.41) is 12.8. The van der Waals surface area contributed by atoms with E-state index in [0.717, 1.165) is 47.6 Å². The fourth-order valence-electron chi connectivity index (χ4n) is 3.90. The van der Waals surface area contributed by atoms with Crippen molar-refractivity contribution in [1.29, 1.82) is 0 Å². The fourth-order valence-corrected chi connectivity index (χ4v) is 4.62. The molecule has 1 aliphatic rings. The Kier molecular flexibility index (Phi) is 5.99. The molecule has 0 bridgehead atoms. The van der Waals surface area contributed by atoms with E-state index in [1.807, 2.05) is 29.1 Å². The first-order valence-electron chi connectivity index (χ1n) is 10.7. The lowest BCUT2D eigenvalue weighted by molar-refractivity contribution is 0.102. The zero-order valence-corrected chi connectivity index (χ0v) is 18.9. The largest absolute Gasteiger partial charge is 0.437 e. The molecule has 0 aliphatic carbocycles. The molecule has 0 atom stereocenters. The Morgan fingerprint density at radius 3 is 2.79 bits per heavy atom. The molecule has 5 rings (SSSR count). The molecule has 1 aromatic carbocycles. The van der Waals surface area contributed by atoms with Gasteiger partial charge in [0.1, 0.15) is 5.69 Å². The summed E-state index contributed by atoms with van der Waals surface area (Å²) in [6.45, 7) is 4.75. The molecule has 4 aromatic rings. The van der Waals surface area contributed by atoms with E-state index in [0.29, 0.717) is 11.5 Å². The Hall–Kier alpha value is -3.41. The van der Waals surface area contributed by atoms with E-state index in [1.165, 1.54) is 0 Å². The van der Waals surface area contributed by atoms with Gasteiger partial charge in [0.25, 0.3) is 5.91 Å². The standard InChI is InChI=1S/C22H22BN7O2S/c1-23(32)30-10-8-29(9-11-30)19-5-6-24-13-18(19)28-22(31)17-4-7-25-21(27-17)15-2-3-16-20(12-15)33-14-26-16/h2-7,12-14,32H,8-11H2,1H3,(H,28,31). The lowest BCUT2D eigenvalue weighted by Crippen LogP contribution is -2.51. The van der Waals surface area contributed by atoms with Crippen molar-refractivity contribution >= 4 is 45.9 Å². The summed E-state index contributed by atoms with van der Waals surface area (Å²) in [5.41, 5.74) is 5.36. The van der Waals surface area contributed by atoms with Crippen molar-refractivity contribution in [3.8, 4) is 11.4 Å². The number of hydrogen-bond donors (Lipinski definition) is 2. The predicted molar refractivity (Wildman–Crippen MR) is 130 cm³/mol. The average Bonchev–Trinajstić information content (AvgIpc) is 3.32. The van der Waals surface area contributed by atoms with Crippen LogP contribution in [0, 0.1) is 0 Å². The summed E-state index contributed by atoms with van der Waals surface area (Å²) >= 11 is 1.55. The minimum atomic E-state index is -0.465. The Labute approximate surface area is 195 Å². The molecular weight excluding hydrogens is 437 g/mol. The number of fused-ring (bicyclic) bond motifs is 1. The van der Waals surface area contributed by atoms with Gasteiger partial charge in [-0.25, -0.2) is 15.0 Å². The van der Waals surface area contributed by atoms with Crippen molar-refractivity contribution in [2.45, 2.75) is 6.82 Å². The molecule has 1 fully saturated rings. The number of aromatic nitrogens is 4. The highest BCUT2D eigenvalue weighted by Gasteiger charge is 2.24. The van der Waals surface area contributed by atoms with Crippen LogP contribution in [0.1, 0.15) is 10.5 Å². The highest BCUT2D eigenvalue weighted by atomic mass is 32.1. The van der Waals surface area contributed by atoms with E-state index in [-0.39, 0.29) is 11.6 Å². The third-order valence-corrected chi connectivity index (χ3v) is 6.50. The molecule has 9 nitrogen and oxygen atoms in total. The first-order chi connectivity index (χ1) is 16.1. The Morgan fingerprint density at radius 2 is 1.97 bits per heavy atom. The van der Waals surface area contributed by atoms with Gasteiger partial charge in [0.15, 0.2) is 5.82 Å². The predicted octanol–water partition coefficient (Wildman–Crippen LogP) is 2.63. The summed E-state index contributed by atoms with van der Waals surface area (Å²) in [5.74, 6) is 0.160. The van der Waals surface area contributed by atoms with Crippen molar-refractivity contribution in [3.63, 3.8) is 0 Å². The Balaban J connectivity index is 1.35. The summed E-state index contributed by atoms with van der Waals surface area (Å²) in [6, 6.07) is 9.31. The highest BCUT2D eigenvalue weighted by molar-refractivity contribution is 7.16. The quantitative estimate of drug-likeness (QED) is 0.439. The van der Waals surface area contributed by atoms with Gasteiger partial charge in [0, 0.05) is 44.1 Å². The van der Waals surface area contributed by atoms with Crippen molar-refractivity contribution in [2.75, 3.05) is 36.4 Å². The molecule has 2 N–H and O–H groups in total. The molecular formula is C22H22BN7O2S. The highest BCUT2D eigenvalue weighted by Crippen LogP contribution is 2.27. The molecule has 1 amide bonds. The van der Waals surface area contributed by atoms with Gasteiger partial charge in [0.2, 0.25) is 0 Å². The van der Waals surface area contributed by atoms with Gasteiger partial charge in [-0.2, -0.15) is 0 Å². The van der Waals surface area contributed by atoms with Crippen LogP contribution in [-0.4, -0.2) is 68.9 Å². The molecule has 0 radical (unpaired) electrons. The number of thiazole rings is 1. The van der Waals surface area contributed by atoms with Crippen LogP contribution >= 0.6 is 11.3 Å². The van der Waals surface area contributed by atoms with E-state index >= 15 is 0 Å². The van der Waals surface area contributed by atoms with Crippen LogP contribution in [0.5, 0.6) is 0 Å². The average molecular weight is 459 g/mol. The fraction of sp³-hybridized carbons (Fsp3) is 0.227. The number of rotatable bonds is 5. The summed E-state index contributed by atoms with van der Waals surface area (Å²) in [4.78, 5) is 34.6. The maximum Gasteiger partial charge on any atom is 0.376 e. The number of amides is 1. The number of benzene rings is 1. The molecule has 1 saturated heterocycles. The molecule has 33 heavy (non-hydrogen) atoms. The zero-order chi connectivity index (χ0) is 22.8. The number of carbonyl (C=O) groups is 1. The smallest absolute Gasteiger partial charge is 0.376 e. The lowest BCUT2D eigenvalue weighted by atomic mass is 9.84. The van der Waals surface area contributed by atoms with Gasteiger partial charge in [-0.05, 0) is 37.2 Å². The van der Waals surface area contributed by atoms with E-state index in [2.05, 4.69) is 30.2 Å². The number of nitrogens with one attached hydrogen (secondary N) is 1. The topological polar surface area (TPSA) is 107 Å². The van der Waals surface area contributed by atoms with Crippen molar-refractivity contribution in [1.82, 2.24) is 24.7 Å². The van der Waals surface area contributed by atoms with Crippen LogP contribution in [0.2, 0.25) is 6.82 Å². The second-order valence-corrected chi connectivity index (χ2v) is 8.69. The van der Waals surface area contributed by atoms with Crippen LogP contribution in [0.15, 0.2) is 54.4 Å². The van der Waals surface area contributed by atoms with Gasteiger partial charge in [-0.15, -0.1) is 11.3 Å². The normalized spacial score (nSPS) is 14.4. The maximum absolute atomic E-state index is 13.0. The minimum Gasteiger partial charge on any atom is -0.437 e. The molecule has 1 aliphatic heterocycles. The molecule has 166 valence electrons. The first-order valence-corrected chi connectivity index (χ1v) is 11.6. The second-order valence-electron chi connectivity index (χ2n) is 7.80. The van der Waals surface area contributed by atoms with E-state index < -0.39 is 7.05 Å². The van der Waals surface area contributed by atoms with Gasteiger partial charge >= 0.3 is 7.05 Å². The Bertz CT molecular complexity index is 1290. The molecule has 4 heterocycles. The van der Waals surface area contributed by atoms with Crippen LogP contribution in [0.25, 0.3) is 21.6 Å². The third kappa shape index (κ3) is 4.56. The van der Waals surface area contributed by atoms with E-state index in [1.54, 1.807) is 48.3 Å². The van der Waals surface area contributed by atoms with Crippen molar-refractivity contribution < 1.29 is 9.82 Å². The monoisotopic (exact) mass is 459 g/mol. The minimum absolute atomic E-state index is 0.276. The van der Waals surface area contributed by atoms with Gasteiger partial charge in [-0.3, -0.25) is 9.78 Å². The van der Waals surface area contributed by atoms with Crippen LogP contribution in [0.3, 0.4) is 0 Å². The van der Waals surface area contributed by atoms with Crippen LogP contribution in [0.4, 0.5) is 11.4 Å². The van der Waals surface area contributed by atoms with Gasteiger partial charge < -0.3 is 20.1 Å². The summed E-state index contributed by atoms with van der Waals surface area (Å²) < 4.78 is 1.04. The molecule has 0 spiro atoms. The van der Waals surface area contributed by atoms with Gasteiger partial charge in [0.05, 0.1) is 33.3 Å². The number of hydrogen-bond acceptors (Lipinski definition) is 9. The molecule has 11 heteroatoms. The summed E-state index contributed by atoms with van der Waals surface area (Å²) in [7, 11) is -0.465. The van der Waals surface area contributed by atoms with Gasteiger partial charge in [-0.1, -0.05) is 0 Å². The van der Waals surface area contributed by atoms with E-state index in [9.17, 15) is 9.82 Å². The first kappa shape index (κ1) is 21.4. The number of pyridine rings is 1. The number of nitrogens with zero attached hydrogens (tertiary/aromatic N) is 6. The number of anilines is 2. The molecule has 0 unspecified atom stereocenters. The maximum atomic E-state index is 13.0. The van der Waals surface area contributed by atoms with Crippen molar-refractivity contribution in [2.24, 2.45) is 0 Å². The number of carbonyl (C=O) groups excluding carboxylic acids is 1. The van der Waals surface area contributed by atoms with Crippen LogP contribution < -0.4 is 10.2 Å². The molecule has 0 saturated carbocycles. The third-order valence-electron chi connectivity index (χ3n) is 5.71. The zero-order valence-electron chi connectivity index (χ0n) is 18.0. The second kappa shape index (κ2) is 9.22.